The number of hydrogen-bond acceptors (Lipinski definition) is 5. The molecule has 0 radical (unpaired) electrons. The van der Waals surface area contributed by atoms with Gasteiger partial charge in [-0.2, -0.15) is 13.2 Å². The van der Waals surface area contributed by atoms with Crippen molar-refractivity contribution in [3.05, 3.63) is 46.6 Å². The van der Waals surface area contributed by atoms with Gasteiger partial charge in [0.2, 0.25) is 0 Å². The van der Waals surface area contributed by atoms with E-state index in [1.807, 2.05) is 13.8 Å². The third kappa shape index (κ3) is 3.63. The first-order valence-corrected chi connectivity index (χ1v) is 9.69. The van der Waals surface area contributed by atoms with Crippen LogP contribution in [0.4, 0.5) is 13.2 Å². The van der Waals surface area contributed by atoms with Gasteiger partial charge in [0, 0.05) is 49.0 Å². The maximum absolute atomic E-state index is 13.0. The predicted molar refractivity (Wildman–Crippen MR) is 98.1 cm³/mol. The van der Waals surface area contributed by atoms with Gasteiger partial charge < -0.3 is 9.42 Å². The van der Waals surface area contributed by atoms with E-state index < -0.39 is 11.9 Å². The molecular weight excluding hydrogens is 385 g/mol. The molecule has 2 saturated heterocycles. The van der Waals surface area contributed by atoms with Crippen molar-refractivity contribution < 1.29 is 22.5 Å². The van der Waals surface area contributed by atoms with Crippen molar-refractivity contribution in [3.8, 4) is 0 Å². The third-order valence-electron chi connectivity index (χ3n) is 6.19. The zero-order valence-corrected chi connectivity index (χ0v) is 16.4. The topological polar surface area (TPSA) is 62.5 Å². The summed E-state index contributed by atoms with van der Waals surface area (Å²) in [5.41, 5.74) is 0.783. The number of nitrogens with zero attached hydrogens (tertiary/aromatic N) is 4. The Labute approximate surface area is 166 Å². The molecule has 2 aliphatic heterocycles. The van der Waals surface area contributed by atoms with Crippen molar-refractivity contribution in [1.82, 2.24) is 19.9 Å². The Hall–Kier alpha value is -2.42. The number of likely N-dealkylation sites (tertiary alicyclic amines) is 2. The largest absolute Gasteiger partial charge is 0.433 e. The highest BCUT2D eigenvalue weighted by Gasteiger charge is 2.48. The monoisotopic (exact) mass is 408 g/mol. The van der Waals surface area contributed by atoms with E-state index >= 15 is 0 Å². The second kappa shape index (κ2) is 7.12. The highest BCUT2D eigenvalue weighted by Crippen LogP contribution is 2.40. The van der Waals surface area contributed by atoms with Crippen LogP contribution < -0.4 is 0 Å². The van der Waals surface area contributed by atoms with Gasteiger partial charge in [-0.3, -0.25) is 14.7 Å². The van der Waals surface area contributed by atoms with Gasteiger partial charge in [0.05, 0.1) is 5.69 Å². The van der Waals surface area contributed by atoms with Gasteiger partial charge in [0.1, 0.15) is 11.5 Å². The van der Waals surface area contributed by atoms with Gasteiger partial charge in [0.25, 0.3) is 5.91 Å². The first-order chi connectivity index (χ1) is 13.7. The fourth-order valence-electron chi connectivity index (χ4n) is 4.40. The minimum absolute atomic E-state index is 0.0287. The van der Waals surface area contributed by atoms with E-state index in [-0.39, 0.29) is 17.0 Å². The molecule has 1 atom stereocenters. The zero-order valence-electron chi connectivity index (χ0n) is 16.4. The maximum atomic E-state index is 13.0. The molecule has 0 aromatic carbocycles. The molecule has 0 saturated carbocycles. The first-order valence-electron chi connectivity index (χ1n) is 9.69. The second-order valence-electron chi connectivity index (χ2n) is 7.96. The van der Waals surface area contributed by atoms with Crippen LogP contribution in [-0.4, -0.2) is 51.0 Å². The molecule has 6 nitrogen and oxygen atoms in total. The Balaban J connectivity index is 1.50. The number of hydrogen-bond donors (Lipinski definition) is 0. The lowest BCUT2D eigenvalue weighted by atomic mass is 9.77. The smallest absolute Gasteiger partial charge is 0.361 e. The molecule has 0 aliphatic carbocycles. The highest BCUT2D eigenvalue weighted by atomic mass is 19.4. The highest BCUT2D eigenvalue weighted by molar-refractivity contribution is 5.94. The Kier molecular flexibility index (Phi) is 4.88. The van der Waals surface area contributed by atoms with Gasteiger partial charge in [-0.1, -0.05) is 5.16 Å². The average molecular weight is 408 g/mol. The van der Waals surface area contributed by atoms with Crippen LogP contribution in [0.15, 0.2) is 22.9 Å². The van der Waals surface area contributed by atoms with Crippen molar-refractivity contribution in [2.75, 3.05) is 19.6 Å². The summed E-state index contributed by atoms with van der Waals surface area (Å²) < 4.78 is 44.1. The Morgan fingerprint density at radius 2 is 2.07 bits per heavy atom. The molecule has 156 valence electrons. The number of pyridine rings is 1. The minimum atomic E-state index is -4.57. The molecule has 0 unspecified atom stereocenters. The number of carbonyl (C=O) groups is 1. The van der Waals surface area contributed by atoms with Crippen LogP contribution in [0, 0.1) is 13.8 Å². The van der Waals surface area contributed by atoms with Gasteiger partial charge in [-0.05, 0) is 45.2 Å². The summed E-state index contributed by atoms with van der Waals surface area (Å²) in [5, 5.41) is 4.01. The quantitative estimate of drug-likeness (QED) is 0.777. The molecule has 1 amide bonds. The standard InChI is InChI=1S/C20H23F3N4O2/c1-13-16(14(2)29-25-13)11-27-9-6-19(27)5-3-8-26(12-19)18(28)15-4-7-24-17(10-15)20(21,22)23/h4,7,10H,3,5-6,8-9,11-12H2,1-2H3/t19-/m0/s1. The molecule has 1 spiro atoms. The van der Waals surface area contributed by atoms with Gasteiger partial charge in [-0.15, -0.1) is 0 Å². The summed E-state index contributed by atoms with van der Waals surface area (Å²) in [6.07, 6.45) is -0.781. The summed E-state index contributed by atoms with van der Waals surface area (Å²) in [7, 11) is 0. The van der Waals surface area contributed by atoms with E-state index in [0.717, 1.165) is 55.1 Å². The van der Waals surface area contributed by atoms with Crippen molar-refractivity contribution in [1.29, 1.82) is 0 Å². The van der Waals surface area contributed by atoms with Crippen LogP contribution >= 0.6 is 0 Å². The van der Waals surface area contributed by atoms with Crippen molar-refractivity contribution in [3.63, 3.8) is 0 Å². The van der Waals surface area contributed by atoms with Gasteiger partial charge in [0.15, 0.2) is 0 Å². The molecule has 0 bridgehead atoms. The number of piperidine rings is 1. The van der Waals surface area contributed by atoms with Crippen molar-refractivity contribution >= 4 is 5.91 Å². The van der Waals surface area contributed by atoms with E-state index in [2.05, 4.69) is 15.0 Å². The SMILES string of the molecule is Cc1noc(C)c1CN1CC[C@]12CCCN(C(=O)c1ccnc(C(F)(F)F)c1)C2. The lowest BCUT2D eigenvalue weighted by Gasteiger charge is -2.57. The van der Waals surface area contributed by atoms with E-state index in [1.54, 1.807) is 4.90 Å². The first kappa shape index (κ1) is 19.9. The van der Waals surface area contributed by atoms with E-state index in [9.17, 15) is 18.0 Å². The number of amides is 1. The molecule has 2 aromatic heterocycles. The fourth-order valence-corrected chi connectivity index (χ4v) is 4.40. The number of alkyl halides is 3. The molecule has 0 N–H and O–H groups in total. The summed E-state index contributed by atoms with van der Waals surface area (Å²) in [5.74, 6) is 0.422. The van der Waals surface area contributed by atoms with Crippen LogP contribution in [-0.2, 0) is 12.7 Å². The molecule has 2 aliphatic rings. The average Bonchev–Trinajstić information content (AvgIpc) is 3.02. The third-order valence-corrected chi connectivity index (χ3v) is 6.19. The van der Waals surface area contributed by atoms with Gasteiger partial charge in [-0.25, -0.2) is 0 Å². The summed E-state index contributed by atoms with van der Waals surface area (Å²) in [4.78, 5) is 20.3. The number of aromatic nitrogens is 2. The van der Waals surface area contributed by atoms with Crippen LogP contribution in [0.2, 0.25) is 0 Å². The maximum Gasteiger partial charge on any atom is 0.433 e. The molecule has 4 heterocycles. The number of halogens is 3. The van der Waals surface area contributed by atoms with E-state index in [1.165, 1.54) is 6.07 Å². The Morgan fingerprint density at radius 1 is 1.28 bits per heavy atom. The molecule has 29 heavy (non-hydrogen) atoms. The molecular formula is C20H23F3N4O2. The normalized spacial score (nSPS) is 22.7. The number of rotatable bonds is 3. The van der Waals surface area contributed by atoms with Crippen LogP contribution in [0.5, 0.6) is 0 Å². The summed E-state index contributed by atoms with van der Waals surface area (Å²) in [6, 6.07) is 2.19. The predicted octanol–water partition coefficient (Wildman–Crippen LogP) is 3.59. The molecule has 4 rings (SSSR count). The number of aryl methyl sites for hydroxylation is 2. The van der Waals surface area contributed by atoms with E-state index in [0.29, 0.717) is 19.6 Å². The summed E-state index contributed by atoms with van der Waals surface area (Å²) in [6.45, 7) is 6.48. The lowest BCUT2D eigenvalue weighted by Crippen LogP contribution is -2.67. The Bertz CT molecular complexity index is 907. The van der Waals surface area contributed by atoms with Crippen LogP contribution in [0.25, 0.3) is 0 Å². The van der Waals surface area contributed by atoms with E-state index in [4.69, 9.17) is 4.52 Å². The van der Waals surface area contributed by atoms with Gasteiger partial charge >= 0.3 is 6.18 Å². The van der Waals surface area contributed by atoms with Crippen molar-refractivity contribution in [2.24, 2.45) is 0 Å². The fraction of sp³-hybridized carbons (Fsp3) is 0.550. The number of carbonyl (C=O) groups excluding carboxylic acids is 1. The molecule has 2 fully saturated rings. The zero-order chi connectivity index (χ0) is 20.8. The molecule has 9 heteroatoms. The van der Waals surface area contributed by atoms with Crippen LogP contribution in [0.3, 0.4) is 0 Å². The van der Waals surface area contributed by atoms with Crippen molar-refractivity contribution in [2.45, 2.75) is 51.4 Å². The second-order valence-corrected chi connectivity index (χ2v) is 7.96. The lowest BCUT2D eigenvalue weighted by molar-refractivity contribution is -0.141. The van der Waals surface area contributed by atoms with Crippen LogP contribution in [0.1, 0.15) is 52.3 Å². The summed E-state index contributed by atoms with van der Waals surface area (Å²) >= 11 is 0. The molecule has 2 aromatic rings. The minimum Gasteiger partial charge on any atom is -0.361 e. The Morgan fingerprint density at radius 3 is 2.69 bits per heavy atom.